The highest BCUT2D eigenvalue weighted by molar-refractivity contribution is 8.02. The van der Waals surface area contributed by atoms with Crippen molar-refractivity contribution in [2.45, 2.75) is 17.4 Å². The molecule has 0 bridgehead atoms. The van der Waals surface area contributed by atoms with Crippen LogP contribution in [0.25, 0.3) is 19.5 Å². The van der Waals surface area contributed by atoms with Crippen LogP contribution in [0.5, 0.6) is 0 Å². The van der Waals surface area contributed by atoms with E-state index in [0.717, 1.165) is 12.2 Å². The van der Waals surface area contributed by atoms with Crippen molar-refractivity contribution in [3.05, 3.63) is 81.8 Å². The van der Waals surface area contributed by atoms with Gasteiger partial charge in [0, 0.05) is 40.3 Å². The van der Waals surface area contributed by atoms with Crippen molar-refractivity contribution >= 4 is 57.5 Å². The van der Waals surface area contributed by atoms with E-state index in [4.69, 9.17) is 0 Å². The Bertz CT molecular complexity index is 929. The van der Waals surface area contributed by atoms with Gasteiger partial charge >= 0.3 is 0 Å². The minimum absolute atomic E-state index is 0.626. The van der Waals surface area contributed by atoms with Gasteiger partial charge in [-0.3, -0.25) is 0 Å². The molecular weight excluding hydrogens is 413 g/mol. The van der Waals surface area contributed by atoms with Gasteiger partial charge < -0.3 is 0 Å². The Labute approximate surface area is 175 Å². The molecule has 0 aliphatic carbocycles. The predicted octanol–water partition coefficient (Wildman–Crippen LogP) is 8.83. The van der Waals surface area contributed by atoms with Crippen LogP contribution in [0.4, 0.5) is 0 Å². The minimum atomic E-state index is 0.626. The highest BCUT2D eigenvalue weighted by Crippen LogP contribution is 2.45. The van der Waals surface area contributed by atoms with Crippen LogP contribution in [-0.2, 0) is 5.75 Å². The van der Waals surface area contributed by atoms with E-state index in [1.54, 1.807) is 0 Å². The van der Waals surface area contributed by atoms with E-state index in [1.165, 1.54) is 29.3 Å². The van der Waals surface area contributed by atoms with Gasteiger partial charge in [-0.15, -0.1) is 57.5 Å². The quantitative estimate of drug-likeness (QED) is 0.343. The van der Waals surface area contributed by atoms with Crippen molar-refractivity contribution < 1.29 is 0 Å². The molecule has 3 aromatic rings. The van der Waals surface area contributed by atoms with E-state index in [1.807, 2.05) is 69.7 Å². The molecule has 0 radical (unpaired) electrons. The highest BCUT2D eigenvalue weighted by Gasteiger charge is 2.17. The van der Waals surface area contributed by atoms with Gasteiger partial charge in [-0.05, 0) is 53.6 Å². The molecule has 0 N–H and O–H groups in total. The molecule has 3 aromatic heterocycles. The van der Waals surface area contributed by atoms with Crippen LogP contribution in [0.3, 0.4) is 0 Å². The third-order valence-corrected chi connectivity index (χ3v) is 9.97. The molecule has 0 fully saturated rings. The van der Waals surface area contributed by atoms with Crippen LogP contribution in [0.1, 0.15) is 21.4 Å². The number of hydrogen-bond donors (Lipinski definition) is 0. The number of rotatable bonds is 7. The Hall–Kier alpha value is -0.980. The first-order chi connectivity index (χ1) is 12.8. The molecule has 4 rings (SSSR count). The maximum absolute atomic E-state index is 3.70. The number of allylic oxidation sites excluding steroid dienone is 3. The lowest BCUT2D eigenvalue weighted by Crippen LogP contribution is -1.81. The Morgan fingerprint density at radius 3 is 2.46 bits per heavy atom. The van der Waals surface area contributed by atoms with E-state index in [-0.39, 0.29) is 0 Å². The van der Waals surface area contributed by atoms with Gasteiger partial charge in [-0.1, -0.05) is 24.8 Å². The topological polar surface area (TPSA) is 0 Å². The first kappa shape index (κ1) is 18.4. The van der Waals surface area contributed by atoms with Crippen LogP contribution >= 0.6 is 57.5 Å². The van der Waals surface area contributed by atoms with Gasteiger partial charge in [0.2, 0.25) is 0 Å². The van der Waals surface area contributed by atoms with E-state index in [2.05, 4.69) is 59.9 Å². The lowest BCUT2D eigenvalue weighted by Gasteiger charge is -2.03. The fourth-order valence-corrected chi connectivity index (χ4v) is 7.83. The van der Waals surface area contributed by atoms with Crippen molar-refractivity contribution in [2.75, 3.05) is 0 Å². The second kappa shape index (κ2) is 8.81. The summed E-state index contributed by atoms with van der Waals surface area (Å²) in [5.74, 6) is 1.02. The summed E-state index contributed by atoms with van der Waals surface area (Å²) in [4.78, 5) is 8.42. The van der Waals surface area contributed by atoms with Crippen LogP contribution in [0.15, 0.2) is 72.0 Å². The average molecular weight is 431 g/mol. The number of thioether (sulfide) groups is 2. The van der Waals surface area contributed by atoms with Gasteiger partial charge in [0.25, 0.3) is 0 Å². The fraction of sp³-hybridized carbons (Fsp3) is 0.143. The Balaban J connectivity index is 1.45. The molecule has 26 heavy (non-hydrogen) atoms. The van der Waals surface area contributed by atoms with Gasteiger partial charge in [0.15, 0.2) is 0 Å². The second-order valence-electron chi connectivity index (χ2n) is 5.74. The van der Waals surface area contributed by atoms with E-state index >= 15 is 0 Å². The predicted molar refractivity (Wildman–Crippen MR) is 126 cm³/mol. The molecule has 0 saturated heterocycles. The molecular formula is C21H18S5. The fourth-order valence-electron chi connectivity index (χ4n) is 2.66. The molecule has 5 heteroatoms. The highest BCUT2D eigenvalue weighted by atomic mass is 32.2. The molecule has 1 unspecified atom stereocenters. The zero-order valence-electron chi connectivity index (χ0n) is 14.1. The monoisotopic (exact) mass is 430 g/mol. The Kier molecular flexibility index (Phi) is 6.23. The summed E-state index contributed by atoms with van der Waals surface area (Å²) < 4.78 is 0. The molecule has 0 amide bonds. The average Bonchev–Trinajstić information content (AvgIpc) is 3.44. The van der Waals surface area contributed by atoms with Crippen LogP contribution in [0.2, 0.25) is 0 Å². The molecule has 0 saturated carbocycles. The summed E-state index contributed by atoms with van der Waals surface area (Å²) >= 11 is 9.50. The SMILES string of the molecule is C=C/C=C\SCc1ccc(-c2ccc(-c3ccc(C4CC=CS4)s3)s2)s1. The summed E-state index contributed by atoms with van der Waals surface area (Å²) in [6, 6.07) is 13.6. The molecule has 132 valence electrons. The molecule has 0 nitrogen and oxygen atoms in total. The molecule has 1 atom stereocenters. The van der Waals surface area contributed by atoms with Crippen molar-refractivity contribution in [1.29, 1.82) is 0 Å². The van der Waals surface area contributed by atoms with E-state index < -0.39 is 0 Å². The third-order valence-electron chi connectivity index (χ3n) is 3.92. The molecule has 4 heterocycles. The Morgan fingerprint density at radius 1 is 0.962 bits per heavy atom. The number of hydrogen-bond acceptors (Lipinski definition) is 5. The van der Waals surface area contributed by atoms with Gasteiger partial charge in [0.05, 0.1) is 0 Å². The van der Waals surface area contributed by atoms with E-state index in [0.29, 0.717) is 5.25 Å². The largest absolute Gasteiger partial charge is 0.139 e. The maximum atomic E-state index is 3.70. The zero-order valence-corrected chi connectivity index (χ0v) is 18.2. The molecule has 0 spiro atoms. The molecule has 0 aromatic carbocycles. The summed E-state index contributed by atoms with van der Waals surface area (Å²) in [6.45, 7) is 3.70. The second-order valence-corrected chi connectivity index (χ2v) is 11.1. The van der Waals surface area contributed by atoms with Crippen LogP contribution in [-0.4, -0.2) is 0 Å². The van der Waals surface area contributed by atoms with Crippen molar-refractivity contribution in [2.24, 2.45) is 0 Å². The summed E-state index contributed by atoms with van der Waals surface area (Å²) in [7, 11) is 0. The normalized spacial score (nSPS) is 16.7. The third kappa shape index (κ3) is 4.29. The van der Waals surface area contributed by atoms with Crippen molar-refractivity contribution in [1.82, 2.24) is 0 Å². The summed E-state index contributed by atoms with van der Waals surface area (Å²) in [5, 5.41) is 4.95. The Morgan fingerprint density at radius 2 is 1.69 bits per heavy atom. The van der Waals surface area contributed by atoms with Crippen molar-refractivity contribution in [3.8, 4) is 19.5 Å². The van der Waals surface area contributed by atoms with Crippen molar-refractivity contribution in [3.63, 3.8) is 0 Å². The van der Waals surface area contributed by atoms with E-state index in [9.17, 15) is 0 Å². The van der Waals surface area contributed by atoms with Gasteiger partial charge in [-0.25, -0.2) is 0 Å². The number of thiophene rings is 3. The van der Waals surface area contributed by atoms with Crippen LogP contribution in [0, 0.1) is 0 Å². The van der Waals surface area contributed by atoms with Gasteiger partial charge in [0.1, 0.15) is 0 Å². The lowest BCUT2D eigenvalue weighted by molar-refractivity contribution is 1.02. The zero-order chi connectivity index (χ0) is 17.8. The first-order valence-electron chi connectivity index (χ1n) is 8.32. The molecule has 1 aliphatic rings. The first-order valence-corrected chi connectivity index (χ1v) is 12.8. The standard InChI is InChI=1S/C21H18S5/c1-2-3-12-22-14-15-6-7-18(24-15)19-10-11-21(26-19)20-9-8-17(25-20)16-5-4-13-23-16/h2-4,6-13,16H,1,5,14H2/b12-3-. The smallest absolute Gasteiger partial charge is 0.0467 e. The minimum Gasteiger partial charge on any atom is -0.139 e. The molecule has 1 aliphatic heterocycles. The summed E-state index contributed by atoms with van der Waals surface area (Å²) in [6.07, 6.45) is 7.24. The van der Waals surface area contributed by atoms with Crippen LogP contribution < -0.4 is 0 Å². The maximum Gasteiger partial charge on any atom is 0.0467 e. The van der Waals surface area contributed by atoms with Gasteiger partial charge in [-0.2, -0.15) is 0 Å². The summed E-state index contributed by atoms with van der Waals surface area (Å²) in [5.41, 5.74) is 0. The lowest BCUT2D eigenvalue weighted by atomic mass is 10.2.